The first-order valence-corrected chi connectivity index (χ1v) is 12.3. The number of aromatic nitrogens is 7. The number of imidazole rings is 2. The molecule has 10 heteroatoms. The zero-order valence-electron chi connectivity index (χ0n) is 21.6. The molecule has 9 nitrogen and oxygen atoms in total. The average molecular weight is 510 g/mol. The lowest BCUT2D eigenvalue weighted by molar-refractivity contribution is 0.376. The number of hydrogen-bond acceptors (Lipinski definition) is 6. The third-order valence-electron chi connectivity index (χ3n) is 6.91. The summed E-state index contributed by atoms with van der Waals surface area (Å²) in [5.41, 5.74) is 13.4. The summed E-state index contributed by atoms with van der Waals surface area (Å²) in [5.74, 6) is 1.17. The van der Waals surface area contributed by atoms with Gasteiger partial charge in [0, 0.05) is 42.3 Å². The Hall–Kier alpha value is -4.41. The van der Waals surface area contributed by atoms with Crippen LogP contribution in [-0.2, 0) is 7.05 Å². The van der Waals surface area contributed by atoms with Crippen LogP contribution in [0.25, 0.3) is 56.0 Å². The molecule has 4 N–H and O–H groups in total. The van der Waals surface area contributed by atoms with Crippen LogP contribution in [0.4, 0.5) is 4.39 Å². The fourth-order valence-corrected chi connectivity index (χ4v) is 4.86. The van der Waals surface area contributed by atoms with Gasteiger partial charge in [-0.3, -0.25) is 5.10 Å². The summed E-state index contributed by atoms with van der Waals surface area (Å²) in [6, 6.07) is 12.6. The van der Waals surface area contributed by atoms with Crippen molar-refractivity contribution in [2.45, 2.75) is 13.0 Å². The van der Waals surface area contributed by atoms with Gasteiger partial charge in [0.1, 0.15) is 22.9 Å². The molecule has 2 aromatic carbocycles. The van der Waals surface area contributed by atoms with Crippen molar-refractivity contribution in [3.63, 3.8) is 0 Å². The molecule has 0 saturated heterocycles. The SMILES string of the molecule is Cc1ncc(-c2ccc3[nH]nc(-c4nc5c(-c6cc(F)cc(C(N)CN(C)C)c6)ccnc5[nH]4)c3c2)n1C. The molecule has 0 spiro atoms. The number of hydrogen-bond donors (Lipinski definition) is 3. The third kappa shape index (κ3) is 4.13. The molecule has 0 aliphatic rings. The molecule has 1 unspecified atom stereocenters. The van der Waals surface area contributed by atoms with Crippen LogP contribution in [0.15, 0.2) is 54.9 Å². The topological polar surface area (TPSA) is 117 Å². The summed E-state index contributed by atoms with van der Waals surface area (Å²) in [4.78, 5) is 19.1. The molecule has 0 amide bonds. The van der Waals surface area contributed by atoms with Crippen molar-refractivity contribution in [1.82, 2.24) is 39.6 Å². The molecule has 4 heterocycles. The number of nitrogens with two attached hydrogens (primary N) is 1. The van der Waals surface area contributed by atoms with Gasteiger partial charge < -0.3 is 20.2 Å². The minimum Gasteiger partial charge on any atom is -0.331 e. The first kappa shape index (κ1) is 24.0. The van der Waals surface area contributed by atoms with Crippen LogP contribution in [0.5, 0.6) is 0 Å². The van der Waals surface area contributed by atoms with Crippen molar-refractivity contribution in [2.75, 3.05) is 20.6 Å². The maximum Gasteiger partial charge on any atom is 0.160 e. The van der Waals surface area contributed by atoms with Crippen LogP contribution in [0, 0.1) is 12.7 Å². The van der Waals surface area contributed by atoms with Crippen molar-refractivity contribution in [3.8, 4) is 33.9 Å². The molecule has 4 aromatic heterocycles. The number of fused-ring (bicyclic) bond motifs is 2. The molecule has 0 saturated carbocycles. The molecule has 38 heavy (non-hydrogen) atoms. The predicted octanol–water partition coefficient (Wildman–Crippen LogP) is 4.58. The highest BCUT2D eigenvalue weighted by Gasteiger charge is 2.18. The molecule has 1 atom stereocenters. The lowest BCUT2D eigenvalue weighted by Crippen LogP contribution is -2.26. The van der Waals surface area contributed by atoms with Gasteiger partial charge in [-0.25, -0.2) is 19.3 Å². The number of benzene rings is 2. The van der Waals surface area contributed by atoms with E-state index in [-0.39, 0.29) is 11.9 Å². The van der Waals surface area contributed by atoms with E-state index < -0.39 is 0 Å². The quantitative estimate of drug-likeness (QED) is 0.303. The second-order valence-electron chi connectivity index (χ2n) is 9.87. The minimum absolute atomic E-state index is 0.320. The van der Waals surface area contributed by atoms with Crippen molar-refractivity contribution >= 4 is 22.1 Å². The number of nitrogens with zero attached hydrogens (tertiary/aromatic N) is 6. The van der Waals surface area contributed by atoms with E-state index in [9.17, 15) is 4.39 Å². The number of aromatic amines is 2. The number of halogens is 1. The molecular formula is C28H28FN9. The highest BCUT2D eigenvalue weighted by molar-refractivity contribution is 5.97. The Labute approximate surface area is 218 Å². The maximum atomic E-state index is 14.7. The van der Waals surface area contributed by atoms with Crippen LogP contribution < -0.4 is 5.73 Å². The normalized spacial score (nSPS) is 12.7. The zero-order chi connectivity index (χ0) is 26.6. The molecule has 6 rings (SSSR count). The molecule has 192 valence electrons. The number of likely N-dealkylation sites (N-methyl/N-ethyl adjacent to an activating group) is 1. The minimum atomic E-state index is -0.344. The van der Waals surface area contributed by atoms with Gasteiger partial charge in [-0.15, -0.1) is 0 Å². The van der Waals surface area contributed by atoms with E-state index in [1.54, 1.807) is 6.20 Å². The van der Waals surface area contributed by atoms with E-state index in [2.05, 4.69) is 35.8 Å². The number of rotatable bonds is 6. The van der Waals surface area contributed by atoms with E-state index >= 15 is 0 Å². The molecule has 0 fully saturated rings. The average Bonchev–Trinajstić information content (AvgIpc) is 3.59. The summed E-state index contributed by atoms with van der Waals surface area (Å²) in [5, 5.41) is 8.57. The monoisotopic (exact) mass is 509 g/mol. The summed E-state index contributed by atoms with van der Waals surface area (Å²) in [7, 11) is 5.88. The van der Waals surface area contributed by atoms with Crippen molar-refractivity contribution < 1.29 is 4.39 Å². The number of aryl methyl sites for hydroxylation is 1. The van der Waals surface area contributed by atoms with Gasteiger partial charge >= 0.3 is 0 Å². The second-order valence-corrected chi connectivity index (χ2v) is 9.87. The standard InChI is InChI=1S/C28H28FN9/c1-15-32-13-24(38(15)4)16-5-6-23-21(12-16)26(36-35-23)28-33-25-20(7-8-31-27(25)34-28)17-9-18(11-19(29)10-17)22(30)14-37(2)3/h5-13,22H,14,30H2,1-4H3,(H,35,36)(H,31,33,34). The summed E-state index contributed by atoms with van der Waals surface area (Å²) >= 11 is 0. The second kappa shape index (κ2) is 9.16. The summed E-state index contributed by atoms with van der Waals surface area (Å²) < 4.78 is 16.7. The van der Waals surface area contributed by atoms with Gasteiger partial charge in [0.15, 0.2) is 11.5 Å². The first-order chi connectivity index (χ1) is 18.3. The van der Waals surface area contributed by atoms with Crippen LogP contribution >= 0.6 is 0 Å². The van der Waals surface area contributed by atoms with Crippen LogP contribution in [-0.4, -0.2) is 60.2 Å². The van der Waals surface area contributed by atoms with Crippen LogP contribution in [0.1, 0.15) is 17.4 Å². The number of H-pyrrole nitrogens is 2. The third-order valence-corrected chi connectivity index (χ3v) is 6.91. The lowest BCUT2D eigenvalue weighted by atomic mass is 9.99. The van der Waals surface area contributed by atoms with Crippen LogP contribution in [0.3, 0.4) is 0 Å². The van der Waals surface area contributed by atoms with E-state index in [1.165, 1.54) is 12.1 Å². The van der Waals surface area contributed by atoms with E-state index in [0.717, 1.165) is 39.1 Å². The van der Waals surface area contributed by atoms with E-state index in [4.69, 9.17) is 10.7 Å². The fourth-order valence-electron chi connectivity index (χ4n) is 4.86. The molecular weight excluding hydrogens is 481 g/mol. The van der Waals surface area contributed by atoms with Gasteiger partial charge in [0.25, 0.3) is 0 Å². The smallest absolute Gasteiger partial charge is 0.160 e. The number of nitrogens with one attached hydrogen (secondary N) is 2. The Balaban J connectivity index is 1.45. The van der Waals surface area contributed by atoms with Gasteiger partial charge in [-0.2, -0.15) is 5.10 Å². The fraction of sp³-hybridized carbons (Fsp3) is 0.214. The summed E-state index contributed by atoms with van der Waals surface area (Å²) in [6.07, 6.45) is 3.56. The Kier molecular flexibility index (Phi) is 5.77. The Bertz CT molecular complexity index is 1790. The first-order valence-electron chi connectivity index (χ1n) is 12.3. The summed E-state index contributed by atoms with van der Waals surface area (Å²) in [6.45, 7) is 2.58. The Morgan fingerprint density at radius 1 is 1.08 bits per heavy atom. The Morgan fingerprint density at radius 2 is 1.92 bits per heavy atom. The molecule has 0 bridgehead atoms. The molecule has 0 radical (unpaired) electrons. The number of pyridine rings is 1. The highest BCUT2D eigenvalue weighted by Crippen LogP contribution is 2.33. The molecule has 0 aliphatic heterocycles. The van der Waals surface area contributed by atoms with Gasteiger partial charge in [-0.1, -0.05) is 6.07 Å². The van der Waals surface area contributed by atoms with Crippen molar-refractivity contribution in [2.24, 2.45) is 12.8 Å². The van der Waals surface area contributed by atoms with Gasteiger partial charge in [0.05, 0.1) is 17.4 Å². The molecule has 0 aliphatic carbocycles. The zero-order valence-corrected chi connectivity index (χ0v) is 21.6. The largest absolute Gasteiger partial charge is 0.331 e. The van der Waals surface area contributed by atoms with Crippen molar-refractivity contribution in [3.05, 3.63) is 72.1 Å². The molecule has 6 aromatic rings. The Morgan fingerprint density at radius 3 is 2.68 bits per heavy atom. The highest BCUT2D eigenvalue weighted by atomic mass is 19.1. The van der Waals surface area contributed by atoms with Gasteiger partial charge in [0.2, 0.25) is 0 Å². The lowest BCUT2D eigenvalue weighted by Gasteiger charge is -2.18. The van der Waals surface area contributed by atoms with E-state index in [1.807, 2.05) is 63.4 Å². The van der Waals surface area contributed by atoms with Gasteiger partial charge in [-0.05, 0) is 68.5 Å². The predicted molar refractivity (Wildman–Crippen MR) is 147 cm³/mol. The van der Waals surface area contributed by atoms with Crippen LogP contribution in [0.2, 0.25) is 0 Å². The maximum absolute atomic E-state index is 14.7. The van der Waals surface area contributed by atoms with Crippen molar-refractivity contribution in [1.29, 1.82) is 0 Å². The van der Waals surface area contributed by atoms with E-state index in [0.29, 0.717) is 34.8 Å².